The fourth-order valence-electron chi connectivity index (χ4n) is 2.44. The lowest BCUT2D eigenvalue weighted by Gasteiger charge is -2.07. The molecule has 1 heterocycles. The second-order valence-corrected chi connectivity index (χ2v) is 5.06. The van der Waals surface area contributed by atoms with E-state index in [1.165, 1.54) is 13.2 Å². The number of nitro benzene ring substituents is 1. The maximum absolute atomic E-state index is 11.3. The number of pyridine rings is 1. The average Bonchev–Trinajstić information content (AvgIpc) is 2.53. The van der Waals surface area contributed by atoms with Crippen molar-refractivity contribution >= 4 is 16.6 Å². The van der Waals surface area contributed by atoms with Crippen LogP contribution in [-0.2, 0) is 0 Å². The van der Waals surface area contributed by atoms with Gasteiger partial charge in [-0.2, -0.15) is 0 Å². The van der Waals surface area contributed by atoms with Gasteiger partial charge < -0.3 is 4.74 Å². The van der Waals surface area contributed by atoms with Gasteiger partial charge in [0.25, 0.3) is 5.69 Å². The van der Waals surface area contributed by atoms with Crippen LogP contribution in [-0.4, -0.2) is 17.0 Å². The van der Waals surface area contributed by atoms with Crippen molar-refractivity contribution in [3.05, 3.63) is 64.3 Å². The third kappa shape index (κ3) is 2.48. The van der Waals surface area contributed by atoms with E-state index in [-0.39, 0.29) is 5.69 Å². The summed E-state index contributed by atoms with van der Waals surface area (Å²) in [6.07, 6.45) is 1.80. The molecule has 0 saturated heterocycles. The van der Waals surface area contributed by atoms with Crippen molar-refractivity contribution < 1.29 is 9.66 Å². The molecular formula is C17H14N2O3. The molecule has 0 spiro atoms. The molecule has 0 bridgehead atoms. The molecule has 2 aromatic carbocycles. The number of rotatable bonds is 3. The first kappa shape index (κ1) is 14.0. The first-order chi connectivity index (χ1) is 10.6. The predicted molar refractivity (Wildman–Crippen MR) is 85.1 cm³/mol. The van der Waals surface area contributed by atoms with E-state index in [9.17, 15) is 10.1 Å². The van der Waals surface area contributed by atoms with Crippen molar-refractivity contribution in [2.24, 2.45) is 0 Å². The minimum absolute atomic E-state index is 0.0271. The minimum Gasteiger partial charge on any atom is -0.497 e. The van der Waals surface area contributed by atoms with Crippen molar-refractivity contribution in [2.75, 3.05) is 7.11 Å². The number of methoxy groups -OCH3 is 1. The van der Waals surface area contributed by atoms with Crippen LogP contribution in [0.5, 0.6) is 5.75 Å². The summed E-state index contributed by atoms with van der Waals surface area (Å²) in [6, 6.07) is 12.5. The lowest BCUT2D eigenvalue weighted by atomic mass is 10.0. The number of benzene rings is 2. The van der Waals surface area contributed by atoms with Gasteiger partial charge in [-0.15, -0.1) is 0 Å². The molecule has 1 aromatic heterocycles. The Morgan fingerprint density at radius 2 is 1.95 bits per heavy atom. The number of hydrogen-bond acceptors (Lipinski definition) is 4. The molecule has 3 aromatic rings. The molecule has 0 N–H and O–H groups in total. The summed E-state index contributed by atoms with van der Waals surface area (Å²) < 4.78 is 5.07. The van der Waals surface area contributed by atoms with E-state index in [0.29, 0.717) is 11.3 Å². The first-order valence-corrected chi connectivity index (χ1v) is 6.78. The Morgan fingerprint density at radius 1 is 1.14 bits per heavy atom. The van der Waals surface area contributed by atoms with Crippen molar-refractivity contribution in [2.45, 2.75) is 6.92 Å². The maximum Gasteiger partial charge on any atom is 0.280 e. The second kappa shape index (κ2) is 5.44. The highest BCUT2D eigenvalue weighted by Crippen LogP contribution is 2.34. The van der Waals surface area contributed by atoms with Gasteiger partial charge in [0.1, 0.15) is 5.75 Å². The van der Waals surface area contributed by atoms with Crippen LogP contribution in [0.25, 0.3) is 22.0 Å². The highest BCUT2D eigenvalue weighted by molar-refractivity contribution is 5.87. The normalized spacial score (nSPS) is 10.6. The number of aromatic nitrogens is 1. The quantitative estimate of drug-likeness (QED) is 0.538. The minimum atomic E-state index is -0.392. The number of fused-ring (bicyclic) bond motifs is 1. The maximum atomic E-state index is 11.3. The predicted octanol–water partition coefficient (Wildman–Crippen LogP) is 4.13. The largest absolute Gasteiger partial charge is 0.497 e. The molecule has 110 valence electrons. The molecule has 22 heavy (non-hydrogen) atoms. The highest BCUT2D eigenvalue weighted by Gasteiger charge is 2.17. The van der Waals surface area contributed by atoms with Gasteiger partial charge in [-0.05, 0) is 48.4 Å². The zero-order valence-electron chi connectivity index (χ0n) is 12.2. The Bertz CT molecular complexity index is 875. The van der Waals surface area contributed by atoms with Crippen LogP contribution in [0, 0.1) is 17.0 Å². The van der Waals surface area contributed by atoms with E-state index >= 15 is 0 Å². The Balaban J connectivity index is 2.20. The molecule has 0 radical (unpaired) electrons. The third-order valence-electron chi connectivity index (χ3n) is 3.53. The molecular weight excluding hydrogens is 280 g/mol. The zero-order chi connectivity index (χ0) is 15.7. The second-order valence-electron chi connectivity index (χ2n) is 5.06. The number of nitro groups is 1. The molecule has 5 nitrogen and oxygen atoms in total. The third-order valence-corrected chi connectivity index (χ3v) is 3.53. The fraction of sp³-hybridized carbons (Fsp3) is 0.118. The van der Waals surface area contributed by atoms with Crippen LogP contribution in [0.2, 0.25) is 0 Å². The van der Waals surface area contributed by atoms with Gasteiger partial charge in [-0.3, -0.25) is 15.1 Å². The summed E-state index contributed by atoms with van der Waals surface area (Å²) in [5.41, 5.74) is 3.29. The van der Waals surface area contributed by atoms with E-state index in [4.69, 9.17) is 4.74 Å². The molecule has 0 fully saturated rings. The summed E-state index contributed by atoms with van der Waals surface area (Å²) in [5.74, 6) is 0.466. The van der Waals surface area contributed by atoms with E-state index < -0.39 is 4.92 Å². The van der Waals surface area contributed by atoms with Gasteiger partial charge in [0.2, 0.25) is 0 Å². The van der Waals surface area contributed by atoms with E-state index in [1.54, 1.807) is 18.3 Å². The van der Waals surface area contributed by atoms with Crippen molar-refractivity contribution in [1.82, 2.24) is 4.98 Å². The molecule has 3 rings (SSSR count). The number of nitrogens with zero attached hydrogens (tertiary/aromatic N) is 2. The van der Waals surface area contributed by atoms with Gasteiger partial charge in [-0.1, -0.05) is 6.07 Å². The van der Waals surface area contributed by atoms with Gasteiger partial charge in [-0.25, -0.2) is 0 Å². The molecule has 0 atom stereocenters. The van der Waals surface area contributed by atoms with E-state index in [0.717, 1.165) is 22.0 Å². The number of ether oxygens (including phenoxy) is 1. The standard InChI is InChI=1S/C17H14N2O3/c1-11-7-13-8-12(3-6-16(13)18-10-11)15-5-4-14(22-2)9-17(15)19(20)21/h3-10H,1-2H3. The summed E-state index contributed by atoms with van der Waals surface area (Å²) in [5, 5.41) is 12.3. The molecule has 0 aliphatic heterocycles. The molecule has 0 saturated carbocycles. The smallest absolute Gasteiger partial charge is 0.280 e. The Kier molecular flexibility index (Phi) is 3.47. The lowest BCUT2D eigenvalue weighted by molar-refractivity contribution is -0.384. The summed E-state index contributed by atoms with van der Waals surface area (Å²) in [6.45, 7) is 1.97. The number of hydrogen-bond donors (Lipinski definition) is 0. The van der Waals surface area contributed by atoms with Gasteiger partial charge in [0, 0.05) is 11.6 Å². The molecule has 5 heteroatoms. The SMILES string of the molecule is COc1ccc(-c2ccc3ncc(C)cc3c2)c([N+](=O)[O-])c1. The van der Waals surface area contributed by atoms with Crippen LogP contribution in [0.3, 0.4) is 0 Å². The fourth-order valence-corrected chi connectivity index (χ4v) is 2.44. The lowest BCUT2D eigenvalue weighted by Crippen LogP contribution is -1.94. The van der Waals surface area contributed by atoms with E-state index in [2.05, 4.69) is 4.98 Å². The van der Waals surface area contributed by atoms with Crippen LogP contribution in [0.4, 0.5) is 5.69 Å². The van der Waals surface area contributed by atoms with Gasteiger partial charge in [0.15, 0.2) is 0 Å². The zero-order valence-corrected chi connectivity index (χ0v) is 12.2. The van der Waals surface area contributed by atoms with Crippen LogP contribution in [0.1, 0.15) is 5.56 Å². The topological polar surface area (TPSA) is 65.3 Å². The summed E-state index contributed by atoms with van der Waals surface area (Å²) in [7, 11) is 1.49. The van der Waals surface area contributed by atoms with Gasteiger partial charge in [0.05, 0.1) is 29.2 Å². The average molecular weight is 294 g/mol. The van der Waals surface area contributed by atoms with Crippen LogP contribution < -0.4 is 4.74 Å². The molecule has 0 aliphatic rings. The van der Waals surface area contributed by atoms with Crippen molar-refractivity contribution in [1.29, 1.82) is 0 Å². The Labute approximate surface area is 127 Å². The molecule has 0 aliphatic carbocycles. The van der Waals surface area contributed by atoms with E-state index in [1.807, 2.05) is 31.2 Å². The number of aryl methyl sites for hydroxylation is 1. The summed E-state index contributed by atoms with van der Waals surface area (Å²) in [4.78, 5) is 15.3. The Hall–Kier alpha value is -2.95. The molecule has 0 amide bonds. The van der Waals surface area contributed by atoms with Crippen LogP contribution in [0.15, 0.2) is 48.7 Å². The highest BCUT2D eigenvalue weighted by atomic mass is 16.6. The van der Waals surface area contributed by atoms with Crippen LogP contribution >= 0.6 is 0 Å². The summed E-state index contributed by atoms with van der Waals surface area (Å²) >= 11 is 0. The first-order valence-electron chi connectivity index (χ1n) is 6.78. The Morgan fingerprint density at radius 3 is 2.68 bits per heavy atom. The monoisotopic (exact) mass is 294 g/mol. The van der Waals surface area contributed by atoms with Gasteiger partial charge >= 0.3 is 0 Å². The van der Waals surface area contributed by atoms with Crippen molar-refractivity contribution in [3.63, 3.8) is 0 Å². The molecule has 0 unspecified atom stereocenters. The van der Waals surface area contributed by atoms with Crippen molar-refractivity contribution in [3.8, 4) is 16.9 Å².